The molecule has 0 spiro atoms. The van der Waals surface area contributed by atoms with Gasteiger partial charge >= 0.3 is 0 Å². The van der Waals surface area contributed by atoms with Crippen molar-refractivity contribution in [1.82, 2.24) is 0 Å². The highest BCUT2D eigenvalue weighted by atomic mass is 14.3. The van der Waals surface area contributed by atoms with E-state index in [-0.39, 0.29) is 5.57 Å². The maximum atomic E-state index is 8.86. The van der Waals surface area contributed by atoms with E-state index in [2.05, 4.69) is 6.58 Å². The van der Waals surface area contributed by atoms with Gasteiger partial charge in [0.15, 0.2) is 0 Å². The molecule has 2 rings (SSSR count). The maximum absolute atomic E-state index is 8.86. The van der Waals surface area contributed by atoms with Crippen molar-refractivity contribution in [2.75, 3.05) is 0 Å². The van der Waals surface area contributed by atoms with Crippen LogP contribution in [-0.2, 0) is 6.42 Å². The van der Waals surface area contributed by atoms with Gasteiger partial charge in [0.1, 0.15) is 17.7 Å². The van der Waals surface area contributed by atoms with Crippen LogP contribution in [0.5, 0.6) is 0 Å². The molecule has 0 N–H and O–H groups in total. The van der Waals surface area contributed by atoms with E-state index in [1.54, 1.807) is 0 Å². The summed E-state index contributed by atoms with van der Waals surface area (Å²) < 4.78 is 0. The molecule has 0 atom stereocenters. The molecule has 0 aromatic heterocycles. The van der Waals surface area contributed by atoms with Crippen LogP contribution >= 0.6 is 0 Å². The Balaban J connectivity index is 2.73. The zero-order valence-corrected chi connectivity index (χ0v) is 8.12. The average molecular weight is 192 g/mol. The third-order valence-electron chi connectivity index (χ3n) is 2.52. The molecule has 0 saturated carbocycles. The minimum atomic E-state index is 0.157. The predicted molar refractivity (Wildman–Crippen MR) is 57.4 cm³/mol. The van der Waals surface area contributed by atoms with Crippen LogP contribution in [0.25, 0.3) is 5.57 Å². The van der Waals surface area contributed by atoms with Crippen molar-refractivity contribution in [1.29, 1.82) is 10.5 Å². The Morgan fingerprint density at radius 3 is 2.53 bits per heavy atom. The Hall–Kier alpha value is -2.32. The van der Waals surface area contributed by atoms with Crippen LogP contribution < -0.4 is 0 Å². The van der Waals surface area contributed by atoms with Crippen LogP contribution in [0, 0.1) is 22.7 Å². The van der Waals surface area contributed by atoms with Crippen LogP contribution in [0.2, 0.25) is 0 Å². The summed E-state index contributed by atoms with van der Waals surface area (Å²) >= 11 is 0. The van der Waals surface area contributed by atoms with E-state index in [1.165, 1.54) is 0 Å². The number of nitrogens with zero attached hydrogens (tertiary/aromatic N) is 2. The zero-order chi connectivity index (χ0) is 10.8. The predicted octanol–water partition coefficient (Wildman–Crippen LogP) is 2.60. The van der Waals surface area contributed by atoms with E-state index in [0.717, 1.165) is 28.7 Å². The lowest BCUT2D eigenvalue weighted by atomic mass is 10.0. The molecule has 0 saturated heterocycles. The second-order valence-corrected chi connectivity index (χ2v) is 3.41. The number of nitriles is 2. The summed E-state index contributed by atoms with van der Waals surface area (Å²) in [6, 6.07) is 11.6. The molecule has 0 amide bonds. The smallest absolute Gasteiger partial charge is 0.137 e. The quantitative estimate of drug-likeness (QED) is 0.593. The molecule has 0 aliphatic heterocycles. The van der Waals surface area contributed by atoms with Crippen LogP contribution in [0.3, 0.4) is 0 Å². The molecule has 1 aromatic rings. The summed E-state index contributed by atoms with van der Waals surface area (Å²) in [5, 5.41) is 17.7. The van der Waals surface area contributed by atoms with Gasteiger partial charge < -0.3 is 0 Å². The van der Waals surface area contributed by atoms with Crippen LogP contribution in [0.1, 0.15) is 11.1 Å². The molecule has 0 heterocycles. The van der Waals surface area contributed by atoms with Gasteiger partial charge in [-0.1, -0.05) is 30.8 Å². The van der Waals surface area contributed by atoms with E-state index >= 15 is 0 Å². The minimum absolute atomic E-state index is 0.157. The molecule has 15 heavy (non-hydrogen) atoms. The Morgan fingerprint density at radius 1 is 1.20 bits per heavy atom. The molecule has 0 bridgehead atoms. The molecular formula is C13H8N2. The molecule has 2 nitrogen and oxygen atoms in total. The maximum Gasteiger partial charge on any atom is 0.137 e. The van der Waals surface area contributed by atoms with Crippen LogP contribution in [-0.4, -0.2) is 0 Å². The molecule has 70 valence electrons. The van der Waals surface area contributed by atoms with Gasteiger partial charge in [0.2, 0.25) is 0 Å². The summed E-state index contributed by atoms with van der Waals surface area (Å²) in [6.45, 7) is 3.91. The molecule has 1 aromatic carbocycles. The number of hydrogen-bond acceptors (Lipinski definition) is 2. The van der Waals surface area contributed by atoms with Crippen molar-refractivity contribution in [3.8, 4) is 12.1 Å². The summed E-state index contributed by atoms with van der Waals surface area (Å²) in [7, 11) is 0. The van der Waals surface area contributed by atoms with E-state index in [1.807, 2.05) is 36.4 Å². The summed E-state index contributed by atoms with van der Waals surface area (Å²) in [6.07, 6.45) is 0.734. The summed E-state index contributed by atoms with van der Waals surface area (Å²) in [5.41, 5.74) is 3.84. The summed E-state index contributed by atoms with van der Waals surface area (Å²) in [4.78, 5) is 0. The standard InChI is InChI=1S/C13H8N2/c1-9-6-10-4-2-3-5-12(10)13(9)11(7-14)8-15/h2-5H,1,6H2. The largest absolute Gasteiger partial charge is 0.192 e. The highest BCUT2D eigenvalue weighted by molar-refractivity contribution is 5.90. The zero-order valence-electron chi connectivity index (χ0n) is 8.12. The van der Waals surface area contributed by atoms with E-state index < -0.39 is 0 Å². The van der Waals surface area contributed by atoms with Gasteiger partial charge in [-0.15, -0.1) is 0 Å². The van der Waals surface area contributed by atoms with Crippen molar-refractivity contribution < 1.29 is 0 Å². The normalized spacial score (nSPS) is 12.9. The van der Waals surface area contributed by atoms with Gasteiger partial charge in [-0.05, 0) is 23.1 Å². The summed E-state index contributed by atoms with van der Waals surface area (Å²) in [5.74, 6) is 0. The minimum Gasteiger partial charge on any atom is -0.192 e. The molecular weight excluding hydrogens is 184 g/mol. The Labute approximate surface area is 88.4 Å². The van der Waals surface area contributed by atoms with Gasteiger partial charge in [0.05, 0.1) is 0 Å². The van der Waals surface area contributed by atoms with Crippen LogP contribution in [0.4, 0.5) is 0 Å². The first-order chi connectivity index (χ1) is 7.27. The first kappa shape index (κ1) is 9.24. The first-order valence-electron chi connectivity index (χ1n) is 4.59. The molecule has 0 unspecified atom stereocenters. The fourth-order valence-electron chi connectivity index (χ4n) is 1.88. The fourth-order valence-corrected chi connectivity index (χ4v) is 1.88. The van der Waals surface area contributed by atoms with E-state index in [9.17, 15) is 0 Å². The van der Waals surface area contributed by atoms with Crippen molar-refractivity contribution in [3.05, 3.63) is 53.1 Å². The van der Waals surface area contributed by atoms with Crippen molar-refractivity contribution in [2.24, 2.45) is 0 Å². The fraction of sp³-hybridized carbons (Fsp3) is 0.0769. The average Bonchev–Trinajstić information content (AvgIpc) is 2.58. The highest BCUT2D eigenvalue weighted by Gasteiger charge is 2.22. The molecule has 1 aliphatic rings. The van der Waals surface area contributed by atoms with Gasteiger partial charge in [0.25, 0.3) is 0 Å². The number of allylic oxidation sites excluding steroid dienone is 3. The first-order valence-corrected chi connectivity index (χ1v) is 4.59. The van der Waals surface area contributed by atoms with Crippen LogP contribution in [0.15, 0.2) is 42.0 Å². The topological polar surface area (TPSA) is 47.6 Å². The van der Waals surface area contributed by atoms with Gasteiger partial charge in [-0.3, -0.25) is 0 Å². The number of benzene rings is 1. The lowest BCUT2D eigenvalue weighted by Gasteiger charge is -2.00. The molecule has 0 radical (unpaired) electrons. The number of rotatable bonds is 0. The van der Waals surface area contributed by atoms with Gasteiger partial charge in [-0.2, -0.15) is 10.5 Å². The van der Waals surface area contributed by atoms with Crippen molar-refractivity contribution in [2.45, 2.75) is 6.42 Å². The second kappa shape index (κ2) is 3.44. The highest BCUT2D eigenvalue weighted by Crippen LogP contribution is 2.37. The molecule has 0 fully saturated rings. The Kier molecular flexibility index (Phi) is 2.12. The van der Waals surface area contributed by atoms with Crippen molar-refractivity contribution >= 4 is 5.57 Å². The van der Waals surface area contributed by atoms with E-state index in [0.29, 0.717) is 0 Å². The lowest BCUT2D eigenvalue weighted by Crippen LogP contribution is -1.85. The second-order valence-electron chi connectivity index (χ2n) is 3.41. The van der Waals surface area contributed by atoms with Crippen molar-refractivity contribution in [3.63, 3.8) is 0 Å². The Morgan fingerprint density at radius 2 is 1.87 bits per heavy atom. The lowest BCUT2D eigenvalue weighted by molar-refractivity contribution is 1.28. The SMILES string of the molecule is C=C1Cc2ccccc2C1=C(C#N)C#N. The van der Waals surface area contributed by atoms with E-state index in [4.69, 9.17) is 10.5 Å². The van der Waals surface area contributed by atoms with Gasteiger partial charge in [-0.25, -0.2) is 0 Å². The third-order valence-corrected chi connectivity index (χ3v) is 2.52. The number of fused-ring (bicyclic) bond motifs is 1. The van der Waals surface area contributed by atoms with Gasteiger partial charge in [0, 0.05) is 5.57 Å². The Bertz CT molecular complexity index is 535. The molecule has 1 aliphatic carbocycles. The molecule has 2 heteroatoms. The third kappa shape index (κ3) is 1.33. The number of hydrogen-bond donors (Lipinski definition) is 0. The monoisotopic (exact) mass is 192 g/mol.